The summed E-state index contributed by atoms with van der Waals surface area (Å²) in [4.78, 5) is 24.4. The molecule has 1 aliphatic carbocycles. The number of piperidine rings is 1. The maximum Gasteiger partial charge on any atom is 0.418 e. The maximum absolute atomic E-state index is 12.9. The summed E-state index contributed by atoms with van der Waals surface area (Å²) in [6, 6.07) is 3.99. The lowest BCUT2D eigenvalue weighted by molar-refractivity contribution is -0.137. The Bertz CT molecular complexity index is 563. The van der Waals surface area contributed by atoms with Crippen molar-refractivity contribution in [2.45, 2.75) is 12.2 Å². The first-order valence-corrected chi connectivity index (χ1v) is 5.63. The molecule has 0 radical (unpaired) electrons. The molecule has 1 aromatic carbocycles. The molecule has 1 aromatic rings. The third-order valence-electron chi connectivity index (χ3n) is 3.54. The third-order valence-corrected chi connectivity index (χ3v) is 3.54. The molecular formula is C12H9F3N2O2. The maximum atomic E-state index is 12.9. The molecule has 4 nitrogen and oxygen atoms in total. The number of fused-ring (bicyclic) bond motifs is 1. The van der Waals surface area contributed by atoms with E-state index in [1.165, 1.54) is 12.1 Å². The summed E-state index contributed by atoms with van der Waals surface area (Å²) in [5.41, 5.74) is 4.12. The van der Waals surface area contributed by atoms with Gasteiger partial charge in [-0.2, -0.15) is 13.2 Å². The normalized spacial score (nSPS) is 29.7. The van der Waals surface area contributed by atoms with E-state index in [2.05, 4.69) is 0 Å². The molecule has 2 aliphatic rings. The number of carbonyl (C=O) groups is 2. The van der Waals surface area contributed by atoms with Crippen LogP contribution in [-0.2, 0) is 15.8 Å². The lowest BCUT2D eigenvalue weighted by Gasteiger charge is -2.21. The molecule has 1 saturated carbocycles. The Morgan fingerprint density at radius 1 is 1.05 bits per heavy atom. The summed E-state index contributed by atoms with van der Waals surface area (Å²) in [6.45, 7) is 0. The number of anilines is 1. The van der Waals surface area contributed by atoms with Crippen molar-refractivity contribution in [2.75, 3.05) is 4.90 Å². The number of para-hydroxylation sites is 1. The van der Waals surface area contributed by atoms with Gasteiger partial charge >= 0.3 is 6.18 Å². The lowest BCUT2D eigenvalue weighted by Crippen LogP contribution is -2.38. The standard InChI is InChI=1S/C12H9F3N2O2/c13-12(14,15)5-3-1-2-4-6(5)17-10(18)7-8(9(7)16)11(17)19/h1-4,7-9H,16H2. The number of nitrogens with two attached hydrogens (primary N) is 1. The van der Waals surface area contributed by atoms with E-state index in [1.54, 1.807) is 0 Å². The van der Waals surface area contributed by atoms with Crippen molar-refractivity contribution in [2.24, 2.45) is 17.6 Å². The van der Waals surface area contributed by atoms with E-state index in [-0.39, 0.29) is 0 Å². The van der Waals surface area contributed by atoms with Crippen LogP contribution in [0.25, 0.3) is 0 Å². The van der Waals surface area contributed by atoms with Crippen LogP contribution in [0.5, 0.6) is 0 Å². The van der Waals surface area contributed by atoms with E-state index < -0.39 is 47.1 Å². The van der Waals surface area contributed by atoms with Crippen LogP contribution in [0, 0.1) is 11.8 Å². The second-order valence-corrected chi connectivity index (χ2v) is 4.66. The smallest absolute Gasteiger partial charge is 0.326 e. The minimum atomic E-state index is -4.62. The number of hydrogen-bond donors (Lipinski definition) is 1. The second kappa shape index (κ2) is 3.57. The van der Waals surface area contributed by atoms with Gasteiger partial charge in [0.1, 0.15) is 0 Å². The Labute approximate surface area is 106 Å². The van der Waals surface area contributed by atoms with E-state index in [4.69, 9.17) is 5.73 Å². The van der Waals surface area contributed by atoms with Crippen LogP contribution in [0.4, 0.5) is 18.9 Å². The molecule has 2 atom stereocenters. The summed E-state index contributed by atoms with van der Waals surface area (Å²) < 4.78 is 38.6. The van der Waals surface area contributed by atoms with Crippen LogP contribution in [0.2, 0.25) is 0 Å². The number of halogens is 3. The fourth-order valence-corrected chi connectivity index (χ4v) is 2.52. The molecule has 7 heteroatoms. The second-order valence-electron chi connectivity index (χ2n) is 4.66. The highest BCUT2D eigenvalue weighted by Crippen LogP contribution is 2.49. The average molecular weight is 270 g/mol. The Hall–Kier alpha value is -1.89. The van der Waals surface area contributed by atoms with Crippen LogP contribution in [0.15, 0.2) is 24.3 Å². The predicted molar refractivity (Wildman–Crippen MR) is 58.9 cm³/mol. The van der Waals surface area contributed by atoms with Crippen LogP contribution in [0.3, 0.4) is 0 Å². The van der Waals surface area contributed by atoms with E-state index in [1.807, 2.05) is 0 Å². The van der Waals surface area contributed by atoms with Gasteiger partial charge in [-0.1, -0.05) is 12.1 Å². The van der Waals surface area contributed by atoms with E-state index in [0.29, 0.717) is 4.90 Å². The van der Waals surface area contributed by atoms with Gasteiger partial charge in [-0.15, -0.1) is 0 Å². The highest BCUT2D eigenvalue weighted by Gasteiger charge is 2.66. The van der Waals surface area contributed by atoms with E-state index >= 15 is 0 Å². The molecule has 1 aliphatic heterocycles. The molecule has 0 bridgehead atoms. The summed E-state index contributed by atoms with van der Waals surface area (Å²) in [5.74, 6) is -2.60. The molecule has 2 N–H and O–H groups in total. The van der Waals surface area contributed by atoms with Gasteiger partial charge < -0.3 is 5.73 Å². The summed E-state index contributed by atoms with van der Waals surface area (Å²) in [7, 11) is 0. The predicted octanol–water partition coefficient (Wildman–Crippen LogP) is 1.15. The number of alkyl halides is 3. The summed E-state index contributed by atoms with van der Waals surface area (Å²) >= 11 is 0. The zero-order chi connectivity index (χ0) is 13.9. The number of hydrogen-bond acceptors (Lipinski definition) is 3. The first-order chi connectivity index (χ1) is 8.84. The average Bonchev–Trinajstić information content (AvgIpc) is 2.91. The quantitative estimate of drug-likeness (QED) is 0.779. The van der Waals surface area contributed by atoms with Crippen molar-refractivity contribution in [1.29, 1.82) is 0 Å². The fourth-order valence-electron chi connectivity index (χ4n) is 2.52. The molecule has 0 aromatic heterocycles. The van der Waals surface area contributed by atoms with Crippen LogP contribution < -0.4 is 10.6 Å². The zero-order valence-corrected chi connectivity index (χ0v) is 9.52. The third kappa shape index (κ3) is 1.58. The van der Waals surface area contributed by atoms with Crippen molar-refractivity contribution in [3.8, 4) is 0 Å². The largest absolute Gasteiger partial charge is 0.418 e. The topological polar surface area (TPSA) is 63.4 Å². The minimum absolute atomic E-state index is 0.413. The van der Waals surface area contributed by atoms with Crippen LogP contribution in [0.1, 0.15) is 5.56 Å². The van der Waals surface area contributed by atoms with Crippen molar-refractivity contribution in [1.82, 2.24) is 0 Å². The zero-order valence-electron chi connectivity index (χ0n) is 9.52. The lowest BCUT2D eigenvalue weighted by atomic mass is 10.1. The number of imide groups is 1. The van der Waals surface area contributed by atoms with Gasteiger partial charge in [0.15, 0.2) is 0 Å². The van der Waals surface area contributed by atoms with Gasteiger partial charge in [-0.3, -0.25) is 9.59 Å². The molecule has 2 unspecified atom stereocenters. The van der Waals surface area contributed by atoms with Crippen LogP contribution in [-0.4, -0.2) is 17.9 Å². The number of benzene rings is 1. The Morgan fingerprint density at radius 3 is 2.11 bits per heavy atom. The summed E-state index contributed by atoms with van der Waals surface area (Å²) in [5, 5.41) is 0. The van der Waals surface area contributed by atoms with Crippen molar-refractivity contribution < 1.29 is 22.8 Å². The van der Waals surface area contributed by atoms with Gasteiger partial charge in [-0.25, -0.2) is 4.90 Å². The number of rotatable bonds is 1. The molecule has 3 rings (SSSR count). The molecule has 0 spiro atoms. The van der Waals surface area contributed by atoms with Crippen molar-refractivity contribution in [3.63, 3.8) is 0 Å². The Morgan fingerprint density at radius 2 is 1.58 bits per heavy atom. The number of amides is 2. The van der Waals surface area contributed by atoms with E-state index in [9.17, 15) is 22.8 Å². The minimum Gasteiger partial charge on any atom is -0.326 e. The van der Waals surface area contributed by atoms with Crippen molar-refractivity contribution >= 4 is 17.5 Å². The van der Waals surface area contributed by atoms with Gasteiger partial charge in [0, 0.05) is 6.04 Å². The molecule has 2 fully saturated rings. The SMILES string of the molecule is NC1C2C(=O)N(c3ccccc3C(F)(F)F)C(=O)C12. The van der Waals surface area contributed by atoms with Crippen LogP contribution >= 0.6 is 0 Å². The molecule has 100 valence electrons. The van der Waals surface area contributed by atoms with Gasteiger partial charge in [0.2, 0.25) is 11.8 Å². The first kappa shape index (κ1) is 12.2. The molecular weight excluding hydrogens is 261 g/mol. The Kier molecular flexibility index (Phi) is 2.28. The molecule has 1 heterocycles. The highest BCUT2D eigenvalue weighted by atomic mass is 19.4. The first-order valence-electron chi connectivity index (χ1n) is 5.63. The van der Waals surface area contributed by atoms with E-state index in [0.717, 1.165) is 12.1 Å². The monoisotopic (exact) mass is 270 g/mol. The number of nitrogens with zero attached hydrogens (tertiary/aromatic N) is 1. The highest BCUT2D eigenvalue weighted by molar-refractivity contribution is 6.26. The fraction of sp³-hybridized carbons (Fsp3) is 0.333. The number of carbonyl (C=O) groups excluding carboxylic acids is 2. The summed E-state index contributed by atoms with van der Waals surface area (Å²) in [6.07, 6.45) is -4.62. The van der Waals surface area contributed by atoms with Crippen molar-refractivity contribution in [3.05, 3.63) is 29.8 Å². The molecule has 2 amide bonds. The van der Waals surface area contributed by atoms with Gasteiger partial charge in [0.05, 0.1) is 23.1 Å². The molecule has 1 saturated heterocycles. The van der Waals surface area contributed by atoms with Gasteiger partial charge in [-0.05, 0) is 12.1 Å². The van der Waals surface area contributed by atoms with Gasteiger partial charge in [0.25, 0.3) is 0 Å². The Balaban J connectivity index is 2.05. The molecule has 19 heavy (non-hydrogen) atoms.